The van der Waals surface area contributed by atoms with Crippen LogP contribution in [0.4, 0.5) is 4.39 Å². The number of fused-ring (bicyclic) bond motifs is 1. The summed E-state index contributed by atoms with van der Waals surface area (Å²) in [6, 6.07) is 9.44. The molecule has 0 spiro atoms. The molecule has 8 heteroatoms. The van der Waals surface area contributed by atoms with Crippen molar-refractivity contribution in [1.29, 1.82) is 0 Å². The summed E-state index contributed by atoms with van der Waals surface area (Å²) in [4.78, 5) is 31.7. The van der Waals surface area contributed by atoms with Gasteiger partial charge in [-0.25, -0.2) is 4.39 Å². The summed E-state index contributed by atoms with van der Waals surface area (Å²) in [7, 11) is 0. The SMILES string of the molecule is O=C(Cc1c[nH]c2cc(Cl)ccc12)N1CCN(C(=O)c2cc(Cl)ccc2F)CC1. The maximum absolute atomic E-state index is 14.0. The van der Waals surface area contributed by atoms with Crippen LogP contribution in [0.25, 0.3) is 10.9 Å². The largest absolute Gasteiger partial charge is 0.361 e. The Morgan fingerprint density at radius 2 is 1.62 bits per heavy atom. The molecule has 3 aromatic rings. The van der Waals surface area contributed by atoms with Gasteiger partial charge in [0.25, 0.3) is 5.91 Å². The van der Waals surface area contributed by atoms with E-state index in [1.54, 1.807) is 15.9 Å². The number of halogens is 3. The van der Waals surface area contributed by atoms with Gasteiger partial charge in [0.2, 0.25) is 5.91 Å². The van der Waals surface area contributed by atoms with Crippen molar-refractivity contribution in [2.75, 3.05) is 26.2 Å². The average Bonchev–Trinajstić information content (AvgIpc) is 3.11. The Balaban J connectivity index is 1.39. The maximum atomic E-state index is 14.0. The normalized spacial score (nSPS) is 14.4. The number of aromatic nitrogens is 1. The van der Waals surface area contributed by atoms with E-state index in [0.29, 0.717) is 36.2 Å². The van der Waals surface area contributed by atoms with E-state index in [0.717, 1.165) is 16.5 Å². The van der Waals surface area contributed by atoms with E-state index >= 15 is 0 Å². The highest BCUT2D eigenvalue weighted by molar-refractivity contribution is 6.31. The minimum absolute atomic E-state index is 0.0121. The number of piperazine rings is 1. The Labute approximate surface area is 177 Å². The van der Waals surface area contributed by atoms with Gasteiger partial charge in [0.1, 0.15) is 5.82 Å². The second-order valence-corrected chi connectivity index (χ2v) is 7.85. The first-order valence-corrected chi connectivity index (χ1v) is 9.95. The van der Waals surface area contributed by atoms with E-state index in [4.69, 9.17) is 23.2 Å². The van der Waals surface area contributed by atoms with E-state index in [1.807, 2.05) is 18.3 Å². The average molecular weight is 434 g/mol. The van der Waals surface area contributed by atoms with Crippen LogP contribution in [0.2, 0.25) is 10.0 Å². The van der Waals surface area contributed by atoms with Gasteiger partial charge in [-0.3, -0.25) is 9.59 Å². The first kappa shape index (κ1) is 19.7. The Kier molecular flexibility index (Phi) is 5.48. The molecule has 0 bridgehead atoms. The number of H-pyrrole nitrogens is 1. The summed E-state index contributed by atoms with van der Waals surface area (Å²) in [5.41, 5.74) is 1.75. The molecule has 1 fully saturated rings. The fourth-order valence-corrected chi connectivity index (χ4v) is 3.91. The van der Waals surface area contributed by atoms with Crippen LogP contribution in [0.1, 0.15) is 15.9 Å². The number of rotatable bonds is 3. The van der Waals surface area contributed by atoms with Crippen molar-refractivity contribution in [1.82, 2.24) is 14.8 Å². The molecule has 1 aromatic heterocycles. The summed E-state index contributed by atoms with van der Waals surface area (Å²) in [6.45, 7) is 1.50. The number of hydrogen-bond acceptors (Lipinski definition) is 2. The van der Waals surface area contributed by atoms with E-state index in [-0.39, 0.29) is 17.9 Å². The predicted octanol–water partition coefficient (Wildman–Crippen LogP) is 4.14. The molecule has 1 aliphatic rings. The highest BCUT2D eigenvalue weighted by atomic mass is 35.5. The predicted molar refractivity (Wildman–Crippen MR) is 111 cm³/mol. The van der Waals surface area contributed by atoms with Gasteiger partial charge in [0.15, 0.2) is 0 Å². The first-order chi connectivity index (χ1) is 13.9. The highest BCUT2D eigenvalue weighted by Crippen LogP contribution is 2.23. The lowest BCUT2D eigenvalue weighted by Gasteiger charge is -2.35. The highest BCUT2D eigenvalue weighted by Gasteiger charge is 2.26. The fraction of sp³-hybridized carbons (Fsp3) is 0.238. The molecule has 0 unspecified atom stereocenters. The molecule has 1 aliphatic heterocycles. The molecule has 0 aliphatic carbocycles. The number of carbonyl (C=O) groups excluding carboxylic acids is 2. The van der Waals surface area contributed by atoms with Gasteiger partial charge in [-0.1, -0.05) is 29.3 Å². The summed E-state index contributed by atoms with van der Waals surface area (Å²) < 4.78 is 14.0. The van der Waals surface area contributed by atoms with Gasteiger partial charge < -0.3 is 14.8 Å². The number of nitrogens with zero attached hydrogens (tertiary/aromatic N) is 2. The number of hydrogen-bond donors (Lipinski definition) is 1. The summed E-state index contributed by atoms with van der Waals surface area (Å²) in [5, 5.41) is 1.91. The molecule has 4 rings (SSSR count). The van der Waals surface area contributed by atoms with E-state index in [9.17, 15) is 14.0 Å². The van der Waals surface area contributed by atoms with Gasteiger partial charge in [0.05, 0.1) is 12.0 Å². The summed E-state index contributed by atoms with van der Waals surface area (Å²) in [5.74, 6) is -1.02. The van der Waals surface area contributed by atoms with Crippen molar-refractivity contribution >= 4 is 45.9 Å². The van der Waals surface area contributed by atoms with Crippen molar-refractivity contribution in [3.8, 4) is 0 Å². The quantitative estimate of drug-likeness (QED) is 0.674. The Morgan fingerprint density at radius 3 is 2.38 bits per heavy atom. The molecule has 2 amide bonds. The Bertz CT molecular complexity index is 1090. The van der Waals surface area contributed by atoms with Crippen molar-refractivity contribution in [3.63, 3.8) is 0 Å². The van der Waals surface area contributed by atoms with E-state index in [1.165, 1.54) is 18.2 Å². The summed E-state index contributed by atoms with van der Waals surface area (Å²) in [6.07, 6.45) is 2.08. The first-order valence-electron chi connectivity index (χ1n) is 9.20. The standard InChI is InChI=1S/C21H18Cl2FN3O2/c22-14-2-4-18(24)17(10-14)21(29)27-7-5-26(6-8-27)20(28)9-13-12-25-19-11-15(23)1-3-16(13)19/h1-4,10-12,25H,5-9H2. The third kappa shape index (κ3) is 4.09. The van der Waals surface area contributed by atoms with Gasteiger partial charge in [0, 0.05) is 53.3 Å². The lowest BCUT2D eigenvalue weighted by molar-refractivity contribution is -0.131. The van der Waals surface area contributed by atoms with Crippen LogP contribution >= 0.6 is 23.2 Å². The van der Waals surface area contributed by atoms with E-state index < -0.39 is 11.7 Å². The zero-order valence-corrected chi connectivity index (χ0v) is 16.9. The van der Waals surface area contributed by atoms with Crippen molar-refractivity contribution in [3.05, 3.63) is 69.6 Å². The van der Waals surface area contributed by atoms with Crippen LogP contribution in [-0.4, -0.2) is 52.8 Å². The second-order valence-electron chi connectivity index (χ2n) is 6.98. The number of nitrogens with one attached hydrogen (secondary N) is 1. The molecule has 5 nitrogen and oxygen atoms in total. The van der Waals surface area contributed by atoms with Crippen LogP contribution in [-0.2, 0) is 11.2 Å². The maximum Gasteiger partial charge on any atom is 0.257 e. The Hall–Kier alpha value is -2.57. The third-order valence-electron chi connectivity index (χ3n) is 5.15. The third-order valence-corrected chi connectivity index (χ3v) is 5.62. The lowest BCUT2D eigenvalue weighted by atomic mass is 10.1. The molecule has 2 heterocycles. The van der Waals surface area contributed by atoms with Crippen molar-refractivity contribution in [2.45, 2.75) is 6.42 Å². The lowest BCUT2D eigenvalue weighted by Crippen LogP contribution is -2.51. The zero-order valence-electron chi connectivity index (χ0n) is 15.4. The molecular weight excluding hydrogens is 416 g/mol. The molecule has 0 saturated carbocycles. The van der Waals surface area contributed by atoms with Gasteiger partial charge in [-0.05, 0) is 35.9 Å². The number of carbonyl (C=O) groups is 2. The van der Waals surface area contributed by atoms with Crippen LogP contribution < -0.4 is 0 Å². The molecular formula is C21H18Cl2FN3O2. The minimum atomic E-state index is -0.600. The van der Waals surface area contributed by atoms with Crippen LogP contribution in [0.5, 0.6) is 0 Å². The number of benzene rings is 2. The van der Waals surface area contributed by atoms with Crippen LogP contribution in [0, 0.1) is 5.82 Å². The number of amides is 2. The topological polar surface area (TPSA) is 56.4 Å². The van der Waals surface area contributed by atoms with Crippen LogP contribution in [0.15, 0.2) is 42.6 Å². The molecule has 2 aromatic carbocycles. The molecule has 150 valence electrons. The smallest absolute Gasteiger partial charge is 0.257 e. The molecule has 1 saturated heterocycles. The van der Waals surface area contributed by atoms with Crippen molar-refractivity contribution in [2.24, 2.45) is 0 Å². The van der Waals surface area contributed by atoms with Crippen LogP contribution in [0.3, 0.4) is 0 Å². The summed E-state index contributed by atoms with van der Waals surface area (Å²) >= 11 is 11.9. The van der Waals surface area contributed by atoms with Gasteiger partial charge >= 0.3 is 0 Å². The van der Waals surface area contributed by atoms with Gasteiger partial charge in [-0.2, -0.15) is 0 Å². The zero-order chi connectivity index (χ0) is 20.5. The monoisotopic (exact) mass is 433 g/mol. The van der Waals surface area contributed by atoms with Crippen molar-refractivity contribution < 1.29 is 14.0 Å². The molecule has 1 N–H and O–H groups in total. The van der Waals surface area contributed by atoms with Gasteiger partial charge in [-0.15, -0.1) is 0 Å². The number of aromatic amines is 1. The molecule has 29 heavy (non-hydrogen) atoms. The fourth-order valence-electron chi connectivity index (χ4n) is 3.57. The Morgan fingerprint density at radius 1 is 0.966 bits per heavy atom. The van der Waals surface area contributed by atoms with E-state index in [2.05, 4.69) is 4.98 Å². The minimum Gasteiger partial charge on any atom is -0.361 e. The molecule has 0 atom stereocenters. The second kappa shape index (κ2) is 8.05. The molecule has 0 radical (unpaired) electrons.